The van der Waals surface area contributed by atoms with Crippen LogP contribution in [0.1, 0.15) is 21.5 Å². The molecule has 1 aliphatic heterocycles. The highest BCUT2D eigenvalue weighted by atomic mass is 32.2. The fraction of sp³-hybridized carbons (Fsp3) is 0.111. The molecule has 38 heavy (non-hydrogen) atoms. The van der Waals surface area contributed by atoms with E-state index in [-0.39, 0.29) is 28.7 Å². The molecule has 0 radical (unpaired) electrons. The summed E-state index contributed by atoms with van der Waals surface area (Å²) in [4.78, 5) is 61.0. The molecule has 0 saturated carbocycles. The number of benzene rings is 3. The molecular formula is C27H21N3O7S. The molecule has 4 rings (SSSR count). The lowest BCUT2D eigenvalue weighted by Crippen LogP contribution is -2.33. The van der Waals surface area contributed by atoms with Gasteiger partial charge >= 0.3 is 0 Å². The minimum Gasteiger partial charge on any atom is -0.484 e. The van der Waals surface area contributed by atoms with Gasteiger partial charge in [0.05, 0.1) is 16.4 Å². The molecule has 0 spiro atoms. The SMILES string of the molecule is Cc1ccccc1NC(=O)COc1ccc(/C=C2\SC(=O)N(CC(=O)c3ccc([N+](=O)[O-])cc3)C2=O)cc1. The summed E-state index contributed by atoms with van der Waals surface area (Å²) in [5.41, 5.74) is 2.25. The number of para-hydroxylation sites is 1. The van der Waals surface area contributed by atoms with Gasteiger partial charge in [0.2, 0.25) is 0 Å². The topological polar surface area (TPSA) is 136 Å². The second-order valence-corrected chi connectivity index (χ2v) is 9.21. The fourth-order valence-electron chi connectivity index (χ4n) is 3.50. The van der Waals surface area contributed by atoms with Crippen molar-refractivity contribution in [2.24, 2.45) is 0 Å². The van der Waals surface area contributed by atoms with Crippen LogP contribution in [0.5, 0.6) is 5.75 Å². The van der Waals surface area contributed by atoms with Crippen LogP contribution >= 0.6 is 11.8 Å². The highest BCUT2D eigenvalue weighted by Gasteiger charge is 2.36. The largest absolute Gasteiger partial charge is 0.484 e. The second-order valence-electron chi connectivity index (χ2n) is 8.22. The molecular weight excluding hydrogens is 510 g/mol. The van der Waals surface area contributed by atoms with Crippen LogP contribution in [0.2, 0.25) is 0 Å². The molecule has 0 aliphatic carbocycles. The molecule has 3 aromatic rings. The number of aryl methyl sites for hydroxylation is 1. The van der Waals surface area contributed by atoms with Gasteiger partial charge in [-0.15, -0.1) is 0 Å². The third-order valence-electron chi connectivity index (χ3n) is 5.54. The van der Waals surface area contributed by atoms with Crippen molar-refractivity contribution in [3.63, 3.8) is 0 Å². The molecule has 3 aromatic carbocycles. The summed E-state index contributed by atoms with van der Waals surface area (Å²) in [5, 5.41) is 13.0. The van der Waals surface area contributed by atoms with Gasteiger partial charge in [0.1, 0.15) is 5.75 Å². The van der Waals surface area contributed by atoms with E-state index in [4.69, 9.17) is 4.74 Å². The number of nitro groups is 1. The van der Waals surface area contributed by atoms with Gasteiger partial charge in [-0.3, -0.25) is 34.2 Å². The summed E-state index contributed by atoms with van der Waals surface area (Å²) in [7, 11) is 0. The summed E-state index contributed by atoms with van der Waals surface area (Å²) in [5.74, 6) is -0.982. The highest BCUT2D eigenvalue weighted by Crippen LogP contribution is 2.32. The zero-order chi connectivity index (χ0) is 27.2. The van der Waals surface area contributed by atoms with E-state index in [1.165, 1.54) is 30.3 Å². The first kappa shape index (κ1) is 26.3. The zero-order valence-corrected chi connectivity index (χ0v) is 20.9. The van der Waals surface area contributed by atoms with Crippen molar-refractivity contribution in [3.8, 4) is 5.75 Å². The molecule has 0 atom stereocenters. The van der Waals surface area contributed by atoms with Gasteiger partial charge in [0.15, 0.2) is 12.4 Å². The number of thioether (sulfide) groups is 1. The van der Waals surface area contributed by atoms with Crippen LogP contribution in [0.4, 0.5) is 16.2 Å². The Balaban J connectivity index is 1.34. The van der Waals surface area contributed by atoms with Gasteiger partial charge in [-0.05, 0) is 66.2 Å². The number of nitrogens with zero attached hydrogens (tertiary/aromatic N) is 2. The van der Waals surface area contributed by atoms with Gasteiger partial charge in [0.25, 0.3) is 22.7 Å². The number of imide groups is 1. The van der Waals surface area contributed by atoms with Crippen molar-refractivity contribution in [2.75, 3.05) is 18.5 Å². The standard InChI is InChI=1S/C27H21N3O7S/c1-17-4-2-3-5-22(17)28-25(32)16-37-21-12-6-18(7-13-21)14-24-26(33)29(27(34)38-24)15-23(31)19-8-10-20(11-9-19)30(35)36/h2-14H,15-16H2,1H3,(H,28,32)/b24-14-. The number of hydrogen-bond donors (Lipinski definition) is 1. The lowest BCUT2D eigenvalue weighted by atomic mass is 10.1. The minimum absolute atomic E-state index is 0.151. The predicted molar refractivity (Wildman–Crippen MR) is 142 cm³/mol. The van der Waals surface area contributed by atoms with Crippen molar-refractivity contribution < 1.29 is 28.8 Å². The number of ether oxygens (including phenoxy) is 1. The van der Waals surface area contributed by atoms with Crippen molar-refractivity contribution in [2.45, 2.75) is 6.92 Å². The Hall–Kier alpha value is -4.77. The number of rotatable bonds is 9. The van der Waals surface area contributed by atoms with Crippen LogP contribution < -0.4 is 10.1 Å². The smallest absolute Gasteiger partial charge is 0.293 e. The van der Waals surface area contributed by atoms with E-state index in [0.717, 1.165) is 10.5 Å². The predicted octanol–water partition coefficient (Wildman–Crippen LogP) is 4.84. The number of anilines is 1. The Morgan fingerprint density at radius 1 is 1.03 bits per heavy atom. The monoisotopic (exact) mass is 531 g/mol. The maximum absolute atomic E-state index is 12.8. The molecule has 1 heterocycles. The number of Topliss-reactive ketones (excluding diaryl/α,β-unsaturated/α-hetero) is 1. The van der Waals surface area contributed by atoms with E-state index in [1.807, 2.05) is 25.1 Å². The Labute approximate surface area is 221 Å². The second kappa shape index (κ2) is 11.5. The molecule has 1 saturated heterocycles. The van der Waals surface area contributed by atoms with Crippen molar-refractivity contribution in [1.82, 2.24) is 4.90 Å². The zero-order valence-electron chi connectivity index (χ0n) is 20.1. The van der Waals surface area contributed by atoms with E-state index in [0.29, 0.717) is 28.8 Å². The molecule has 0 bridgehead atoms. The van der Waals surface area contributed by atoms with Gasteiger partial charge < -0.3 is 10.1 Å². The van der Waals surface area contributed by atoms with E-state index in [2.05, 4.69) is 5.32 Å². The van der Waals surface area contributed by atoms with Crippen LogP contribution in [0.15, 0.2) is 77.7 Å². The summed E-state index contributed by atoms with van der Waals surface area (Å²) >= 11 is 0.713. The number of nitrogens with one attached hydrogen (secondary N) is 1. The molecule has 192 valence electrons. The van der Waals surface area contributed by atoms with Gasteiger partial charge in [0, 0.05) is 23.4 Å². The van der Waals surface area contributed by atoms with Crippen molar-refractivity contribution in [3.05, 3.63) is 105 Å². The number of nitro benzene ring substituents is 1. The van der Waals surface area contributed by atoms with E-state index in [1.54, 1.807) is 30.3 Å². The van der Waals surface area contributed by atoms with Gasteiger partial charge in [-0.2, -0.15) is 0 Å². The van der Waals surface area contributed by atoms with Gasteiger partial charge in [-0.25, -0.2) is 0 Å². The maximum Gasteiger partial charge on any atom is 0.293 e. The van der Waals surface area contributed by atoms with Crippen molar-refractivity contribution >= 4 is 52.0 Å². The minimum atomic E-state index is -0.608. The lowest BCUT2D eigenvalue weighted by Gasteiger charge is -2.11. The van der Waals surface area contributed by atoms with Crippen LogP contribution in [0.25, 0.3) is 6.08 Å². The summed E-state index contributed by atoms with van der Waals surface area (Å²) in [6.45, 7) is 1.23. The molecule has 1 aliphatic rings. The number of non-ortho nitro benzene ring substituents is 1. The number of carbonyl (C=O) groups excluding carboxylic acids is 4. The summed E-state index contributed by atoms with van der Waals surface area (Å²) in [6.07, 6.45) is 1.52. The first-order valence-corrected chi connectivity index (χ1v) is 12.1. The Morgan fingerprint density at radius 2 is 1.71 bits per heavy atom. The molecule has 3 amide bonds. The fourth-order valence-corrected chi connectivity index (χ4v) is 4.34. The number of amides is 3. The quantitative estimate of drug-likeness (QED) is 0.179. The Kier molecular flexibility index (Phi) is 7.97. The maximum atomic E-state index is 12.8. The first-order valence-electron chi connectivity index (χ1n) is 11.3. The highest BCUT2D eigenvalue weighted by molar-refractivity contribution is 8.18. The normalized spacial score (nSPS) is 14.0. The van der Waals surface area contributed by atoms with Crippen LogP contribution in [0, 0.1) is 17.0 Å². The third kappa shape index (κ3) is 6.31. The number of carbonyl (C=O) groups is 4. The molecule has 10 nitrogen and oxygen atoms in total. The molecule has 11 heteroatoms. The first-order chi connectivity index (χ1) is 18.2. The number of ketones is 1. The van der Waals surface area contributed by atoms with Crippen LogP contribution in [-0.2, 0) is 9.59 Å². The van der Waals surface area contributed by atoms with E-state index in [9.17, 15) is 29.3 Å². The molecule has 1 fully saturated rings. The average molecular weight is 532 g/mol. The van der Waals surface area contributed by atoms with Gasteiger partial charge in [-0.1, -0.05) is 30.3 Å². The van der Waals surface area contributed by atoms with Crippen molar-refractivity contribution in [1.29, 1.82) is 0 Å². The Bertz CT molecular complexity index is 1450. The average Bonchev–Trinajstić information content (AvgIpc) is 3.16. The number of hydrogen-bond acceptors (Lipinski definition) is 8. The van der Waals surface area contributed by atoms with E-state index >= 15 is 0 Å². The molecule has 0 aromatic heterocycles. The van der Waals surface area contributed by atoms with E-state index < -0.39 is 28.4 Å². The summed E-state index contributed by atoms with van der Waals surface area (Å²) in [6, 6.07) is 18.9. The molecule has 1 N–H and O–H groups in total. The van der Waals surface area contributed by atoms with Crippen LogP contribution in [-0.4, -0.2) is 45.8 Å². The van der Waals surface area contributed by atoms with Crippen LogP contribution in [0.3, 0.4) is 0 Å². The third-order valence-corrected chi connectivity index (χ3v) is 6.45. The summed E-state index contributed by atoms with van der Waals surface area (Å²) < 4.78 is 5.52. The lowest BCUT2D eigenvalue weighted by molar-refractivity contribution is -0.384. The Morgan fingerprint density at radius 3 is 2.37 bits per heavy atom. The molecule has 0 unspecified atom stereocenters.